The van der Waals surface area contributed by atoms with Crippen LogP contribution in [0.4, 0.5) is 5.82 Å². The highest BCUT2D eigenvalue weighted by atomic mass is 16.5. The normalized spacial score (nSPS) is 15.9. The van der Waals surface area contributed by atoms with Crippen LogP contribution in [-0.4, -0.2) is 43.5 Å². The standard InChI is InChI=1S/C16H22N4O2/c1-21-10-15-13-4-3-12(22-2)9-14(13)16(20-19-15)18-11-5-7-17-8-6-11/h3-4,9,11,17H,5-8,10H2,1-2H3,(H,18,20). The Kier molecular flexibility index (Phi) is 4.70. The molecule has 1 fully saturated rings. The van der Waals surface area contributed by atoms with Crippen LogP contribution < -0.4 is 15.4 Å². The van der Waals surface area contributed by atoms with Crippen LogP contribution in [0.1, 0.15) is 18.5 Å². The van der Waals surface area contributed by atoms with E-state index in [1.54, 1.807) is 14.2 Å². The van der Waals surface area contributed by atoms with Crippen molar-refractivity contribution in [1.82, 2.24) is 15.5 Å². The van der Waals surface area contributed by atoms with Gasteiger partial charge < -0.3 is 20.1 Å². The van der Waals surface area contributed by atoms with E-state index in [-0.39, 0.29) is 0 Å². The Balaban J connectivity index is 1.98. The molecule has 0 atom stereocenters. The molecule has 0 amide bonds. The van der Waals surface area contributed by atoms with Crippen molar-refractivity contribution < 1.29 is 9.47 Å². The SMILES string of the molecule is COCc1nnc(NC2CCNCC2)c2cc(OC)ccc12. The van der Waals surface area contributed by atoms with Gasteiger partial charge in [-0.3, -0.25) is 0 Å². The summed E-state index contributed by atoms with van der Waals surface area (Å²) in [6.07, 6.45) is 2.18. The lowest BCUT2D eigenvalue weighted by Crippen LogP contribution is -2.35. The molecule has 2 aromatic rings. The number of nitrogens with one attached hydrogen (secondary N) is 2. The fourth-order valence-electron chi connectivity index (χ4n) is 2.83. The van der Waals surface area contributed by atoms with Gasteiger partial charge in [0.05, 0.1) is 19.4 Å². The molecule has 6 heteroatoms. The maximum Gasteiger partial charge on any atom is 0.156 e. The molecule has 3 rings (SSSR count). The number of hydrogen-bond acceptors (Lipinski definition) is 6. The number of rotatable bonds is 5. The zero-order valence-electron chi connectivity index (χ0n) is 13.1. The van der Waals surface area contributed by atoms with Gasteiger partial charge >= 0.3 is 0 Å². The number of fused-ring (bicyclic) bond motifs is 1. The quantitative estimate of drug-likeness (QED) is 0.880. The molecule has 118 valence electrons. The number of nitrogens with zero attached hydrogens (tertiary/aromatic N) is 2. The largest absolute Gasteiger partial charge is 0.497 e. The first-order valence-electron chi connectivity index (χ1n) is 7.61. The molecule has 2 N–H and O–H groups in total. The van der Waals surface area contributed by atoms with Gasteiger partial charge in [0.15, 0.2) is 5.82 Å². The van der Waals surface area contributed by atoms with Crippen molar-refractivity contribution in [2.45, 2.75) is 25.5 Å². The Morgan fingerprint density at radius 2 is 2.00 bits per heavy atom. The van der Waals surface area contributed by atoms with Gasteiger partial charge in [0.25, 0.3) is 0 Å². The third kappa shape index (κ3) is 3.13. The van der Waals surface area contributed by atoms with Crippen LogP contribution in [0, 0.1) is 0 Å². The maximum absolute atomic E-state index is 5.35. The smallest absolute Gasteiger partial charge is 0.156 e. The Hall–Kier alpha value is -1.92. The highest BCUT2D eigenvalue weighted by Crippen LogP contribution is 2.28. The molecule has 0 bridgehead atoms. The third-order valence-corrected chi connectivity index (χ3v) is 4.02. The van der Waals surface area contributed by atoms with Crippen LogP contribution in [0.2, 0.25) is 0 Å². The predicted molar refractivity (Wildman–Crippen MR) is 86.3 cm³/mol. The average molecular weight is 302 g/mol. The summed E-state index contributed by atoms with van der Waals surface area (Å²) in [4.78, 5) is 0. The predicted octanol–water partition coefficient (Wildman–Crippen LogP) is 1.95. The Morgan fingerprint density at radius 1 is 1.18 bits per heavy atom. The Bertz CT molecular complexity index is 641. The van der Waals surface area contributed by atoms with E-state index in [0.29, 0.717) is 12.6 Å². The van der Waals surface area contributed by atoms with Gasteiger partial charge in [-0.2, -0.15) is 5.10 Å². The minimum Gasteiger partial charge on any atom is -0.497 e. The molecule has 0 radical (unpaired) electrons. The fourth-order valence-corrected chi connectivity index (χ4v) is 2.83. The van der Waals surface area contributed by atoms with Gasteiger partial charge in [0.1, 0.15) is 5.75 Å². The van der Waals surface area contributed by atoms with E-state index in [1.165, 1.54) is 0 Å². The summed E-state index contributed by atoms with van der Waals surface area (Å²) < 4.78 is 10.6. The summed E-state index contributed by atoms with van der Waals surface area (Å²) in [5, 5.41) is 17.7. The molecule has 0 spiro atoms. The zero-order valence-corrected chi connectivity index (χ0v) is 13.1. The number of aromatic nitrogens is 2. The van der Waals surface area contributed by atoms with Crippen molar-refractivity contribution in [2.24, 2.45) is 0 Å². The summed E-state index contributed by atoms with van der Waals surface area (Å²) in [6.45, 7) is 2.52. The van der Waals surface area contributed by atoms with Gasteiger partial charge in [-0.05, 0) is 44.1 Å². The summed E-state index contributed by atoms with van der Waals surface area (Å²) in [7, 11) is 3.34. The van der Waals surface area contributed by atoms with Crippen LogP contribution in [-0.2, 0) is 11.3 Å². The fraction of sp³-hybridized carbons (Fsp3) is 0.500. The first kappa shape index (κ1) is 15.0. The van der Waals surface area contributed by atoms with E-state index in [2.05, 4.69) is 20.8 Å². The van der Waals surface area contributed by atoms with Gasteiger partial charge in [-0.25, -0.2) is 0 Å². The Morgan fingerprint density at radius 3 is 2.73 bits per heavy atom. The van der Waals surface area contributed by atoms with Gasteiger partial charge in [0, 0.05) is 23.9 Å². The first-order valence-corrected chi connectivity index (χ1v) is 7.61. The molecule has 0 aliphatic carbocycles. The lowest BCUT2D eigenvalue weighted by Gasteiger charge is -2.24. The monoisotopic (exact) mass is 302 g/mol. The highest BCUT2D eigenvalue weighted by Gasteiger charge is 2.16. The molecule has 1 aromatic heterocycles. The van der Waals surface area contributed by atoms with E-state index >= 15 is 0 Å². The van der Waals surface area contributed by atoms with Crippen LogP contribution in [0.15, 0.2) is 18.2 Å². The van der Waals surface area contributed by atoms with Crippen molar-refractivity contribution in [3.63, 3.8) is 0 Å². The summed E-state index contributed by atoms with van der Waals surface area (Å²) in [5.41, 5.74) is 0.844. The van der Waals surface area contributed by atoms with Crippen molar-refractivity contribution in [2.75, 3.05) is 32.6 Å². The summed E-state index contributed by atoms with van der Waals surface area (Å²) >= 11 is 0. The minimum atomic E-state index is 0.429. The van der Waals surface area contributed by atoms with Crippen molar-refractivity contribution in [1.29, 1.82) is 0 Å². The lowest BCUT2D eigenvalue weighted by atomic mass is 10.1. The van der Waals surface area contributed by atoms with Crippen LogP contribution in [0.25, 0.3) is 10.8 Å². The van der Waals surface area contributed by atoms with E-state index in [0.717, 1.165) is 54.0 Å². The number of methoxy groups -OCH3 is 2. The summed E-state index contributed by atoms with van der Waals surface area (Å²) in [6, 6.07) is 6.40. The van der Waals surface area contributed by atoms with E-state index < -0.39 is 0 Å². The summed E-state index contributed by atoms with van der Waals surface area (Å²) in [5.74, 6) is 1.64. The van der Waals surface area contributed by atoms with Crippen molar-refractivity contribution in [3.8, 4) is 5.75 Å². The molecule has 22 heavy (non-hydrogen) atoms. The van der Waals surface area contributed by atoms with Gasteiger partial charge in [-0.1, -0.05) is 0 Å². The minimum absolute atomic E-state index is 0.429. The molecule has 1 aliphatic heterocycles. The van der Waals surface area contributed by atoms with Crippen LogP contribution >= 0.6 is 0 Å². The molecular formula is C16H22N4O2. The number of hydrogen-bond donors (Lipinski definition) is 2. The molecule has 0 unspecified atom stereocenters. The zero-order chi connectivity index (χ0) is 15.4. The van der Waals surface area contributed by atoms with Crippen molar-refractivity contribution >= 4 is 16.6 Å². The second-order valence-electron chi connectivity index (χ2n) is 5.51. The third-order valence-electron chi connectivity index (χ3n) is 4.02. The molecule has 1 aliphatic rings. The van der Waals surface area contributed by atoms with Gasteiger partial charge in [0.2, 0.25) is 0 Å². The van der Waals surface area contributed by atoms with Gasteiger partial charge in [-0.15, -0.1) is 5.10 Å². The molecule has 1 aromatic carbocycles. The van der Waals surface area contributed by atoms with Crippen LogP contribution in [0.5, 0.6) is 5.75 Å². The van der Waals surface area contributed by atoms with Crippen LogP contribution in [0.3, 0.4) is 0 Å². The molecular weight excluding hydrogens is 280 g/mol. The maximum atomic E-state index is 5.35. The number of anilines is 1. The number of piperidine rings is 1. The topological polar surface area (TPSA) is 68.3 Å². The van der Waals surface area contributed by atoms with E-state index in [1.807, 2.05) is 18.2 Å². The lowest BCUT2D eigenvalue weighted by molar-refractivity contribution is 0.182. The second-order valence-corrected chi connectivity index (χ2v) is 5.51. The molecule has 2 heterocycles. The average Bonchev–Trinajstić information content (AvgIpc) is 2.57. The van der Waals surface area contributed by atoms with E-state index in [9.17, 15) is 0 Å². The first-order chi connectivity index (χ1) is 10.8. The molecule has 0 saturated carbocycles. The highest BCUT2D eigenvalue weighted by molar-refractivity contribution is 5.94. The number of ether oxygens (including phenoxy) is 2. The number of benzene rings is 1. The van der Waals surface area contributed by atoms with Crippen molar-refractivity contribution in [3.05, 3.63) is 23.9 Å². The molecule has 1 saturated heterocycles. The Labute approximate surface area is 130 Å². The van der Waals surface area contributed by atoms with E-state index in [4.69, 9.17) is 9.47 Å². The molecule has 6 nitrogen and oxygen atoms in total. The second kappa shape index (κ2) is 6.89.